The maximum atomic E-state index is 5.15. The molecule has 4 nitrogen and oxygen atoms in total. The Hall–Kier alpha value is -1.66. The van der Waals surface area contributed by atoms with E-state index in [4.69, 9.17) is 20.9 Å². The summed E-state index contributed by atoms with van der Waals surface area (Å²) in [5, 5.41) is 0.183. The molecule has 4 N–H and O–H groups in total. The molecule has 0 spiro atoms. The normalized spacial score (nSPS) is 8.70. The third-order valence-corrected chi connectivity index (χ3v) is 2.68. The Morgan fingerprint density at radius 1 is 0.696 bits per heavy atom. The van der Waals surface area contributed by atoms with Crippen molar-refractivity contribution in [2.45, 2.75) is 13.2 Å². The molecule has 0 heterocycles. The van der Waals surface area contributed by atoms with Gasteiger partial charge in [-0.05, 0) is 35.6 Å². The van der Waals surface area contributed by atoms with Gasteiger partial charge >= 0.3 is 0 Å². The van der Waals surface area contributed by atoms with Crippen molar-refractivity contribution in [1.82, 2.24) is 0 Å². The number of ether oxygens (including phenoxy) is 2. The van der Waals surface area contributed by atoms with Gasteiger partial charge in [-0.2, -0.15) is 0 Å². The van der Waals surface area contributed by atoms with Gasteiger partial charge in [0.05, 0.1) is 0 Å². The van der Waals surface area contributed by atoms with Gasteiger partial charge in [0.15, 0.2) is 0 Å². The zero-order valence-corrected chi connectivity index (χ0v) is 14.9. The predicted octanol–water partition coefficient (Wildman–Crippen LogP) is 2.89. The van der Waals surface area contributed by atoms with Crippen LogP contribution in [0.2, 0.25) is 0 Å². The summed E-state index contributed by atoms with van der Waals surface area (Å²) in [7, 11) is 0. The minimum atomic E-state index is 0. The Labute approximate surface area is 157 Å². The minimum absolute atomic E-state index is 0. The van der Waals surface area contributed by atoms with Crippen LogP contribution in [0.3, 0.4) is 0 Å². The van der Waals surface area contributed by atoms with E-state index in [1.54, 1.807) is 0 Å². The van der Waals surface area contributed by atoms with E-state index in [1.807, 2.05) is 60.7 Å². The summed E-state index contributed by atoms with van der Waals surface area (Å²) in [5.41, 5.74) is 12.4. The van der Waals surface area contributed by atoms with Crippen LogP contribution in [0.15, 0.2) is 60.7 Å². The number of hydrogen-bond donors (Lipinski definition) is 2. The van der Waals surface area contributed by atoms with Crippen LogP contribution in [0.4, 0.5) is 0 Å². The quantitative estimate of drug-likeness (QED) is 0.610. The molecular formula is C16H18CuN2O2S2. The van der Waals surface area contributed by atoms with E-state index >= 15 is 0 Å². The molecule has 0 saturated carbocycles. The van der Waals surface area contributed by atoms with Gasteiger partial charge in [0.1, 0.15) is 13.2 Å². The van der Waals surface area contributed by atoms with Crippen LogP contribution < -0.4 is 11.5 Å². The van der Waals surface area contributed by atoms with Crippen LogP contribution in [0, 0.1) is 0 Å². The molecule has 0 aliphatic carbocycles. The van der Waals surface area contributed by atoms with Crippen molar-refractivity contribution < 1.29 is 26.5 Å². The van der Waals surface area contributed by atoms with Gasteiger partial charge < -0.3 is 20.9 Å². The maximum Gasteiger partial charge on any atom is 0.254 e. The van der Waals surface area contributed by atoms with E-state index in [2.05, 4.69) is 24.4 Å². The van der Waals surface area contributed by atoms with E-state index in [-0.39, 0.29) is 27.4 Å². The Kier molecular flexibility index (Phi) is 11.9. The first kappa shape index (κ1) is 21.3. The fourth-order valence-electron chi connectivity index (χ4n) is 1.46. The van der Waals surface area contributed by atoms with Gasteiger partial charge in [-0.15, -0.1) is 0 Å². The molecule has 0 unspecified atom stereocenters. The molecule has 127 valence electrons. The molecule has 0 aliphatic heterocycles. The first-order valence-corrected chi connectivity index (χ1v) is 7.32. The summed E-state index contributed by atoms with van der Waals surface area (Å²) in [5.74, 6) is 0. The van der Waals surface area contributed by atoms with Crippen molar-refractivity contribution in [2.75, 3.05) is 0 Å². The van der Waals surface area contributed by atoms with Gasteiger partial charge in [0.2, 0.25) is 0 Å². The molecule has 1 radical (unpaired) electrons. The summed E-state index contributed by atoms with van der Waals surface area (Å²) in [6, 6.07) is 19.5. The molecule has 7 heteroatoms. The second-order valence-corrected chi connectivity index (χ2v) is 4.99. The number of benzene rings is 2. The van der Waals surface area contributed by atoms with Crippen molar-refractivity contribution >= 4 is 34.8 Å². The smallest absolute Gasteiger partial charge is 0.254 e. The molecular weight excluding hydrogens is 380 g/mol. The molecule has 2 aromatic carbocycles. The van der Waals surface area contributed by atoms with Crippen molar-refractivity contribution in [3.8, 4) is 0 Å². The standard InChI is InChI=1S/2C8H9NOS.Cu/c2*9-8(11)10-6-7-4-2-1-3-5-7;/h2*1-5H,6H2,(H2,9,11);. The van der Waals surface area contributed by atoms with E-state index in [0.717, 1.165) is 11.1 Å². The predicted molar refractivity (Wildman–Crippen MR) is 96.0 cm³/mol. The van der Waals surface area contributed by atoms with E-state index in [0.29, 0.717) is 13.2 Å². The van der Waals surface area contributed by atoms with Crippen molar-refractivity contribution in [3.05, 3.63) is 71.8 Å². The van der Waals surface area contributed by atoms with Crippen LogP contribution in [0.5, 0.6) is 0 Å². The van der Waals surface area contributed by atoms with Gasteiger partial charge in [-0.3, -0.25) is 0 Å². The number of thiocarbonyl (C=S) groups is 2. The minimum Gasteiger partial charge on any atom is -0.466 e. The average Bonchev–Trinajstić information content (AvgIpc) is 2.53. The Balaban J connectivity index is 0.000000403. The monoisotopic (exact) mass is 397 g/mol. The second kappa shape index (κ2) is 12.8. The molecule has 0 aliphatic rings. The molecule has 0 fully saturated rings. The van der Waals surface area contributed by atoms with Gasteiger partial charge in [-0.1, -0.05) is 60.7 Å². The number of hydrogen-bond acceptors (Lipinski definition) is 4. The Bertz CT molecular complexity index is 530. The van der Waals surface area contributed by atoms with Gasteiger partial charge in [-0.25, -0.2) is 0 Å². The average molecular weight is 398 g/mol. The molecule has 0 amide bonds. The van der Waals surface area contributed by atoms with Crippen molar-refractivity contribution in [1.29, 1.82) is 0 Å². The van der Waals surface area contributed by atoms with E-state index < -0.39 is 0 Å². The topological polar surface area (TPSA) is 70.5 Å². The molecule has 23 heavy (non-hydrogen) atoms. The maximum absolute atomic E-state index is 5.15. The van der Waals surface area contributed by atoms with Gasteiger partial charge in [0.25, 0.3) is 10.3 Å². The first-order valence-electron chi connectivity index (χ1n) is 6.50. The van der Waals surface area contributed by atoms with Crippen molar-refractivity contribution in [3.63, 3.8) is 0 Å². The third-order valence-electron chi connectivity index (χ3n) is 2.45. The Morgan fingerprint density at radius 2 is 1.00 bits per heavy atom. The SMILES string of the molecule is NC(=S)OCc1ccccc1.NC(=S)OCc1ccccc1.[Cu]. The fourth-order valence-corrected chi connectivity index (χ4v) is 1.58. The fraction of sp³-hybridized carbons (Fsp3) is 0.125. The van der Waals surface area contributed by atoms with E-state index in [9.17, 15) is 0 Å². The van der Waals surface area contributed by atoms with Crippen LogP contribution >= 0.6 is 24.4 Å². The summed E-state index contributed by atoms with van der Waals surface area (Å²) in [4.78, 5) is 0. The summed E-state index contributed by atoms with van der Waals surface area (Å²) in [6.45, 7) is 0.909. The third kappa shape index (κ3) is 11.5. The van der Waals surface area contributed by atoms with Crippen LogP contribution in [0.1, 0.15) is 11.1 Å². The summed E-state index contributed by atoms with van der Waals surface area (Å²) in [6.07, 6.45) is 0. The molecule has 0 saturated heterocycles. The largest absolute Gasteiger partial charge is 0.466 e. The number of nitrogens with two attached hydrogens (primary N) is 2. The molecule has 2 aromatic rings. The van der Waals surface area contributed by atoms with Crippen molar-refractivity contribution in [2.24, 2.45) is 11.5 Å². The molecule has 0 bridgehead atoms. The zero-order chi connectivity index (χ0) is 16.2. The molecule has 2 rings (SSSR count). The first-order chi connectivity index (χ1) is 10.6. The summed E-state index contributed by atoms with van der Waals surface area (Å²) >= 11 is 9.10. The van der Waals surface area contributed by atoms with Crippen LogP contribution in [-0.2, 0) is 39.8 Å². The van der Waals surface area contributed by atoms with Gasteiger partial charge in [0, 0.05) is 17.1 Å². The van der Waals surface area contributed by atoms with Crippen LogP contribution in [-0.4, -0.2) is 10.3 Å². The molecule has 0 atom stereocenters. The van der Waals surface area contributed by atoms with Crippen LogP contribution in [0.25, 0.3) is 0 Å². The second-order valence-electron chi connectivity index (χ2n) is 4.19. The van der Waals surface area contributed by atoms with E-state index in [1.165, 1.54) is 0 Å². The zero-order valence-electron chi connectivity index (χ0n) is 12.3. The Morgan fingerprint density at radius 3 is 1.26 bits per heavy atom. The summed E-state index contributed by atoms with van der Waals surface area (Å²) < 4.78 is 9.87. The molecule has 0 aromatic heterocycles. The number of rotatable bonds is 4.